The summed E-state index contributed by atoms with van der Waals surface area (Å²) < 4.78 is 26.4. The zero-order valence-electron chi connectivity index (χ0n) is 11.1. The third-order valence-electron chi connectivity index (χ3n) is 2.43. The van der Waals surface area contributed by atoms with Gasteiger partial charge in [0.25, 0.3) is 0 Å². The first kappa shape index (κ1) is 16.7. The lowest BCUT2D eigenvalue weighted by atomic mass is 10.2. The van der Waals surface area contributed by atoms with Gasteiger partial charge in [-0.25, -0.2) is 17.9 Å². The average molecular weight is 315 g/mol. The van der Waals surface area contributed by atoms with Crippen molar-refractivity contribution >= 4 is 33.8 Å². The van der Waals surface area contributed by atoms with E-state index in [1.165, 1.54) is 18.2 Å². The minimum Gasteiger partial charge on any atom is -0.478 e. The number of carboxylic acid groups (broad SMARTS) is 1. The van der Waals surface area contributed by atoms with Crippen molar-refractivity contribution in [3.05, 3.63) is 35.9 Å². The minimum absolute atomic E-state index is 0.175. The van der Waals surface area contributed by atoms with Crippen molar-refractivity contribution in [3.63, 3.8) is 0 Å². The number of aliphatic carboxylic acids is 1. The Bertz CT molecular complexity index is 565. The van der Waals surface area contributed by atoms with Gasteiger partial charge in [-0.15, -0.1) is 0 Å². The highest BCUT2D eigenvalue weighted by molar-refractivity contribution is 7.98. The van der Waals surface area contributed by atoms with Crippen LogP contribution in [0.2, 0.25) is 0 Å². The zero-order chi connectivity index (χ0) is 15.0. The van der Waals surface area contributed by atoms with Crippen molar-refractivity contribution in [2.24, 2.45) is 0 Å². The molecule has 0 spiro atoms. The number of thioether (sulfide) groups is 1. The fourth-order valence-electron chi connectivity index (χ4n) is 1.43. The first-order valence-corrected chi connectivity index (χ1v) is 8.83. The van der Waals surface area contributed by atoms with E-state index in [1.807, 2.05) is 6.26 Å². The van der Waals surface area contributed by atoms with E-state index in [9.17, 15) is 13.2 Å². The minimum atomic E-state index is -3.49. The largest absolute Gasteiger partial charge is 0.478 e. The number of rotatable bonds is 8. The molecule has 0 fully saturated rings. The van der Waals surface area contributed by atoms with Crippen molar-refractivity contribution in [3.8, 4) is 0 Å². The third kappa shape index (κ3) is 5.77. The predicted molar refractivity (Wildman–Crippen MR) is 81.3 cm³/mol. The lowest BCUT2D eigenvalue weighted by molar-refractivity contribution is -0.131. The molecule has 0 aliphatic heterocycles. The van der Waals surface area contributed by atoms with Crippen LogP contribution >= 0.6 is 11.8 Å². The first-order chi connectivity index (χ1) is 9.45. The van der Waals surface area contributed by atoms with Gasteiger partial charge in [0, 0.05) is 12.6 Å². The molecule has 1 aromatic carbocycles. The highest BCUT2D eigenvalue weighted by atomic mass is 32.2. The van der Waals surface area contributed by atoms with E-state index in [0.29, 0.717) is 12.1 Å². The molecule has 0 heterocycles. The second-order valence-electron chi connectivity index (χ2n) is 3.98. The molecule has 0 aromatic heterocycles. The standard InChI is InChI=1S/C13H17NO4S2/c1-19-10-2-9-14-20(17,18)12-6-3-11(4-7-12)5-8-13(15)16/h3-8,14H,2,9-10H2,1H3,(H,15,16). The van der Waals surface area contributed by atoms with Gasteiger partial charge in [-0.05, 0) is 42.2 Å². The smallest absolute Gasteiger partial charge is 0.328 e. The number of carbonyl (C=O) groups is 1. The SMILES string of the molecule is CSCCCNS(=O)(=O)c1ccc(C=CC(=O)O)cc1. The third-order valence-corrected chi connectivity index (χ3v) is 4.60. The van der Waals surface area contributed by atoms with Gasteiger partial charge in [-0.3, -0.25) is 0 Å². The van der Waals surface area contributed by atoms with E-state index in [1.54, 1.807) is 23.9 Å². The molecule has 5 nitrogen and oxygen atoms in total. The van der Waals surface area contributed by atoms with Crippen molar-refractivity contribution < 1.29 is 18.3 Å². The lowest BCUT2D eigenvalue weighted by Gasteiger charge is -2.06. The van der Waals surface area contributed by atoms with Gasteiger partial charge in [0.05, 0.1) is 4.90 Å². The summed E-state index contributed by atoms with van der Waals surface area (Å²) in [5.41, 5.74) is 0.633. The monoisotopic (exact) mass is 315 g/mol. The van der Waals surface area contributed by atoms with E-state index in [2.05, 4.69) is 4.72 Å². The quantitative estimate of drug-likeness (QED) is 0.565. The molecule has 0 atom stereocenters. The van der Waals surface area contributed by atoms with Crippen molar-refractivity contribution in [1.82, 2.24) is 4.72 Å². The predicted octanol–water partition coefficient (Wildman–Crippen LogP) is 1.82. The molecule has 0 saturated heterocycles. The number of benzene rings is 1. The van der Waals surface area contributed by atoms with Gasteiger partial charge in [0.1, 0.15) is 0 Å². The molecule has 7 heteroatoms. The van der Waals surface area contributed by atoms with E-state index in [0.717, 1.165) is 18.2 Å². The molecule has 0 amide bonds. The first-order valence-electron chi connectivity index (χ1n) is 5.95. The summed E-state index contributed by atoms with van der Waals surface area (Å²) >= 11 is 1.67. The number of sulfonamides is 1. The van der Waals surface area contributed by atoms with Crippen molar-refractivity contribution in [1.29, 1.82) is 0 Å². The lowest BCUT2D eigenvalue weighted by Crippen LogP contribution is -2.25. The molecule has 2 N–H and O–H groups in total. The van der Waals surface area contributed by atoms with Crippen molar-refractivity contribution in [2.75, 3.05) is 18.6 Å². The summed E-state index contributed by atoms with van der Waals surface area (Å²) in [6.07, 6.45) is 5.16. The second kappa shape index (κ2) is 8.08. The summed E-state index contributed by atoms with van der Waals surface area (Å²) in [5, 5.41) is 8.51. The highest BCUT2D eigenvalue weighted by Crippen LogP contribution is 2.11. The van der Waals surface area contributed by atoms with Crippen LogP contribution in [0, 0.1) is 0 Å². The maximum atomic E-state index is 11.9. The molecule has 110 valence electrons. The molecule has 0 radical (unpaired) electrons. The zero-order valence-corrected chi connectivity index (χ0v) is 12.7. The molecule has 1 aromatic rings. The van der Waals surface area contributed by atoms with Crippen LogP contribution < -0.4 is 4.72 Å². The molecular weight excluding hydrogens is 298 g/mol. The van der Waals surface area contributed by atoms with Crippen LogP contribution in [-0.2, 0) is 14.8 Å². The van der Waals surface area contributed by atoms with Crippen LogP contribution in [-0.4, -0.2) is 38.0 Å². The Hall–Kier alpha value is -1.31. The molecule has 0 aliphatic rings. The number of hydrogen-bond donors (Lipinski definition) is 2. The molecule has 0 saturated carbocycles. The van der Waals surface area contributed by atoms with E-state index in [4.69, 9.17) is 5.11 Å². The van der Waals surface area contributed by atoms with Crippen LogP contribution in [0.3, 0.4) is 0 Å². The summed E-state index contributed by atoms with van der Waals surface area (Å²) in [5.74, 6) is -0.140. The average Bonchev–Trinajstić information content (AvgIpc) is 2.42. The summed E-state index contributed by atoms with van der Waals surface area (Å²) in [6.45, 7) is 0.407. The van der Waals surface area contributed by atoms with Gasteiger partial charge in [0.15, 0.2) is 0 Å². The summed E-state index contributed by atoms with van der Waals surface area (Å²) in [7, 11) is -3.49. The van der Waals surface area contributed by atoms with Crippen LogP contribution in [0.4, 0.5) is 0 Å². The summed E-state index contributed by atoms with van der Waals surface area (Å²) in [6, 6.07) is 6.04. The normalized spacial score (nSPS) is 11.8. The molecular formula is C13H17NO4S2. The Kier molecular flexibility index (Phi) is 6.77. The van der Waals surface area contributed by atoms with E-state index < -0.39 is 16.0 Å². The van der Waals surface area contributed by atoms with Crippen LogP contribution in [0.25, 0.3) is 6.08 Å². The number of nitrogens with one attached hydrogen (secondary N) is 1. The Labute approximate surface area is 123 Å². The Morgan fingerprint density at radius 3 is 2.55 bits per heavy atom. The molecule has 0 aliphatic carbocycles. The van der Waals surface area contributed by atoms with E-state index >= 15 is 0 Å². The van der Waals surface area contributed by atoms with Crippen LogP contribution in [0.5, 0.6) is 0 Å². The van der Waals surface area contributed by atoms with Gasteiger partial charge in [-0.1, -0.05) is 12.1 Å². The van der Waals surface area contributed by atoms with Gasteiger partial charge in [0.2, 0.25) is 10.0 Å². The highest BCUT2D eigenvalue weighted by Gasteiger charge is 2.12. The van der Waals surface area contributed by atoms with E-state index in [-0.39, 0.29) is 4.90 Å². The topological polar surface area (TPSA) is 83.5 Å². The fourth-order valence-corrected chi connectivity index (χ4v) is 2.94. The van der Waals surface area contributed by atoms with Crippen LogP contribution in [0.15, 0.2) is 35.2 Å². The Morgan fingerprint density at radius 1 is 1.35 bits per heavy atom. The molecule has 1 rings (SSSR count). The number of hydrogen-bond acceptors (Lipinski definition) is 4. The Morgan fingerprint density at radius 2 is 2.00 bits per heavy atom. The maximum Gasteiger partial charge on any atom is 0.328 e. The van der Waals surface area contributed by atoms with Crippen LogP contribution in [0.1, 0.15) is 12.0 Å². The second-order valence-corrected chi connectivity index (χ2v) is 6.74. The fraction of sp³-hybridized carbons (Fsp3) is 0.308. The van der Waals surface area contributed by atoms with Crippen molar-refractivity contribution in [2.45, 2.75) is 11.3 Å². The molecule has 0 bridgehead atoms. The summed E-state index contributed by atoms with van der Waals surface area (Å²) in [4.78, 5) is 10.6. The van der Waals surface area contributed by atoms with Gasteiger partial charge < -0.3 is 5.11 Å². The molecule has 20 heavy (non-hydrogen) atoms. The van der Waals surface area contributed by atoms with Gasteiger partial charge in [-0.2, -0.15) is 11.8 Å². The number of carboxylic acids is 1. The van der Waals surface area contributed by atoms with Gasteiger partial charge >= 0.3 is 5.97 Å². The molecule has 0 unspecified atom stereocenters. The Balaban J connectivity index is 2.69. The maximum absolute atomic E-state index is 11.9.